The molecule has 0 aliphatic rings. The molecule has 1 heterocycles. The third-order valence-electron chi connectivity index (χ3n) is 2.64. The van der Waals surface area contributed by atoms with E-state index in [1.165, 1.54) is 24.3 Å². The summed E-state index contributed by atoms with van der Waals surface area (Å²) in [6.07, 6.45) is -1.77. The molecule has 0 aliphatic carbocycles. The van der Waals surface area contributed by atoms with Crippen LogP contribution in [-0.2, 0) is 7.05 Å². The Labute approximate surface area is 97.3 Å². The summed E-state index contributed by atoms with van der Waals surface area (Å²) in [6.45, 7) is 0. The van der Waals surface area contributed by atoms with Crippen molar-refractivity contribution in [3.63, 3.8) is 0 Å². The quantitative estimate of drug-likeness (QED) is 0.891. The molecule has 1 atom stereocenters. The van der Waals surface area contributed by atoms with E-state index in [-0.39, 0.29) is 5.56 Å². The van der Waals surface area contributed by atoms with Gasteiger partial charge < -0.3 is 5.11 Å². The lowest BCUT2D eigenvalue weighted by Crippen LogP contribution is -2.06. The summed E-state index contributed by atoms with van der Waals surface area (Å²) in [6, 6.07) is 7.32. The van der Waals surface area contributed by atoms with Gasteiger partial charge in [-0.05, 0) is 11.6 Å². The predicted octanol–water partition coefficient (Wildman–Crippen LogP) is 2.44. The molecule has 3 nitrogen and oxygen atoms in total. The van der Waals surface area contributed by atoms with E-state index in [0.29, 0.717) is 11.3 Å². The van der Waals surface area contributed by atoms with Crippen molar-refractivity contribution in [3.8, 4) is 0 Å². The van der Waals surface area contributed by atoms with Gasteiger partial charge in [-0.1, -0.05) is 24.3 Å². The lowest BCUT2D eigenvalue weighted by molar-refractivity contribution is 0.151. The molecule has 2 aromatic rings. The highest BCUT2D eigenvalue weighted by atomic mass is 19.3. The van der Waals surface area contributed by atoms with E-state index in [2.05, 4.69) is 5.10 Å². The molecule has 0 bridgehead atoms. The summed E-state index contributed by atoms with van der Waals surface area (Å²) >= 11 is 0. The molecule has 0 aliphatic heterocycles. The molecule has 2 rings (SSSR count). The molecule has 0 fully saturated rings. The minimum Gasteiger partial charge on any atom is -0.382 e. The second-order valence-corrected chi connectivity index (χ2v) is 3.75. The number of benzene rings is 1. The number of hydrogen-bond donors (Lipinski definition) is 1. The zero-order chi connectivity index (χ0) is 12.4. The fourth-order valence-electron chi connectivity index (χ4n) is 1.65. The van der Waals surface area contributed by atoms with Gasteiger partial charge in [-0.2, -0.15) is 5.10 Å². The number of alkyl halides is 2. The van der Waals surface area contributed by atoms with Crippen LogP contribution in [0.1, 0.15) is 29.4 Å². The van der Waals surface area contributed by atoms with Crippen LogP contribution in [0, 0.1) is 0 Å². The first-order valence-corrected chi connectivity index (χ1v) is 5.13. The Morgan fingerprint density at radius 2 is 1.71 bits per heavy atom. The summed E-state index contributed by atoms with van der Waals surface area (Å²) in [5.41, 5.74) is 1.14. The van der Waals surface area contributed by atoms with Crippen LogP contribution in [0.3, 0.4) is 0 Å². The Morgan fingerprint density at radius 1 is 1.12 bits per heavy atom. The van der Waals surface area contributed by atoms with E-state index >= 15 is 0 Å². The van der Waals surface area contributed by atoms with Crippen molar-refractivity contribution in [2.45, 2.75) is 12.5 Å². The van der Waals surface area contributed by atoms with Gasteiger partial charge in [0.1, 0.15) is 6.10 Å². The first kappa shape index (κ1) is 11.7. The molecule has 90 valence electrons. The van der Waals surface area contributed by atoms with Crippen LogP contribution in [0.2, 0.25) is 0 Å². The first-order valence-electron chi connectivity index (χ1n) is 5.13. The van der Waals surface area contributed by atoms with Crippen LogP contribution in [0.4, 0.5) is 8.78 Å². The Morgan fingerprint density at radius 3 is 2.18 bits per heavy atom. The summed E-state index contributed by atoms with van der Waals surface area (Å²) in [5, 5.41) is 14.0. The molecule has 0 radical (unpaired) electrons. The van der Waals surface area contributed by atoms with E-state index in [0.717, 1.165) is 0 Å². The minimum absolute atomic E-state index is 0.0500. The maximum atomic E-state index is 12.4. The van der Waals surface area contributed by atoms with Crippen molar-refractivity contribution in [3.05, 3.63) is 53.3 Å². The highest BCUT2D eigenvalue weighted by molar-refractivity contribution is 5.29. The van der Waals surface area contributed by atoms with Crippen molar-refractivity contribution in [2.75, 3.05) is 0 Å². The van der Waals surface area contributed by atoms with Crippen molar-refractivity contribution in [1.82, 2.24) is 9.78 Å². The lowest BCUT2D eigenvalue weighted by Gasteiger charge is -2.11. The van der Waals surface area contributed by atoms with Crippen LogP contribution in [-0.4, -0.2) is 14.9 Å². The molecule has 0 amide bonds. The SMILES string of the molecule is Cn1nccc1C(O)c1ccc(C(F)F)cc1. The smallest absolute Gasteiger partial charge is 0.263 e. The molecule has 5 heteroatoms. The molecule has 1 aromatic heterocycles. The normalized spacial score (nSPS) is 13.0. The van der Waals surface area contributed by atoms with Gasteiger partial charge in [0.15, 0.2) is 0 Å². The largest absolute Gasteiger partial charge is 0.382 e. The second-order valence-electron chi connectivity index (χ2n) is 3.75. The van der Waals surface area contributed by atoms with Gasteiger partial charge in [-0.25, -0.2) is 8.78 Å². The van der Waals surface area contributed by atoms with Gasteiger partial charge in [0.25, 0.3) is 6.43 Å². The Bertz CT molecular complexity index is 493. The number of nitrogens with zero attached hydrogens (tertiary/aromatic N) is 2. The van der Waals surface area contributed by atoms with Crippen LogP contribution < -0.4 is 0 Å². The Hall–Kier alpha value is -1.75. The maximum absolute atomic E-state index is 12.4. The zero-order valence-corrected chi connectivity index (χ0v) is 9.22. The third kappa shape index (κ3) is 2.34. The number of aromatic nitrogens is 2. The topological polar surface area (TPSA) is 38.0 Å². The molecule has 1 N–H and O–H groups in total. The lowest BCUT2D eigenvalue weighted by atomic mass is 10.0. The van der Waals surface area contributed by atoms with Crippen LogP contribution >= 0.6 is 0 Å². The van der Waals surface area contributed by atoms with Crippen molar-refractivity contribution in [2.24, 2.45) is 7.05 Å². The summed E-state index contributed by atoms with van der Waals surface area (Å²) in [4.78, 5) is 0. The molecule has 1 aromatic carbocycles. The zero-order valence-electron chi connectivity index (χ0n) is 9.22. The van der Waals surface area contributed by atoms with Gasteiger partial charge in [-0.3, -0.25) is 4.68 Å². The number of aryl methyl sites for hydroxylation is 1. The van der Waals surface area contributed by atoms with Gasteiger partial charge in [0, 0.05) is 18.8 Å². The Balaban J connectivity index is 2.26. The molecule has 17 heavy (non-hydrogen) atoms. The standard InChI is InChI=1S/C12H12F2N2O/c1-16-10(6-7-15-16)11(17)8-2-4-9(5-3-8)12(13)14/h2-7,11-12,17H,1H3. The van der Waals surface area contributed by atoms with E-state index < -0.39 is 12.5 Å². The fourth-order valence-corrected chi connectivity index (χ4v) is 1.65. The molecular weight excluding hydrogens is 226 g/mol. The first-order chi connectivity index (χ1) is 8.09. The van der Waals surface area contributed by atoms with Crippen LogP contribution in [0.5, 0.6) is 0 Å². The number of halogens is 2. The summed E-state index contributed by atoms with van der Waals surface area (Å²) in [7, 11) is 1.71. The van der Waals surface area contributed by atoms with Crippen molar-refractivity contribution < 1.29 is 13.9 Å². The summed E-state index contributed by atoms with van der Waals surface area (Å²) in [5.74, 6) is 0. The van der Waals surface area contributed by atoms with Gasteiger partial charge in [0.05, 0.1) is 5.69 Å². The van der Waals surface area contributed by atoms with E-state index in [1.54, 1.807) is 24.0 Å². The fraction of sp³-hybridized carbons (Fsp3) is 0.250. The van der Waals surface area contributed by atoms with Crippen LogP contribution in [0.25, 0.3) is 0 Å². The third-order valence-corrected chi connectivity index (χ3v) is 2.64. The molecule has 0 saturated heterocycles. The average molecular weight is 238 g/mol. The number of aliphatic hydroxyl groups excluding tert-OH is 1. The average Bonchev–Trinajstić information content (AvgIpc) is 2.74. The van der Waals surface area contributed by atoms with E-state index in [1.807, 2.05) is 0 Å². The summed E-state index contributed by atoms with van der Waals surface area (Å²) < 4.78 is 26.3. The van der Waals surface area contributed by atoms with Crippen LogP contribution in [0.15, 0.2) is 36.5 Å². The van der Waals surface area contributed by atoms with Crippen molar-refractivity contribution >= 4 is 0 Å². The number of rotatable bonds is 3. The van der Waals surface area contributed by atoms with Gasteiger partial charge in [-0.15, -0.1) is 0 Å². The number of aliphatic hydroxyl groups is 1. The van der Waals surface area contributed by atoms with Gasteiger partial charge >= 0.3 is 0 Å². The monoisotopic (exact) mass is 238 g/mol. The Kier molecular flexibility index (Phi) is 3.19. The highest BCUT2D eigenvalue weighted by Gasteiger charge is 2.14. The molecule has 0 spiro atoms. The molecular formula is C12H12F2N2O. The predicted molar refractivity (Wildman–Crippen MR) is 58.7 cm³/mol. The molecule has 0 saturated carbocycles. The van der Waals surface area contributed by atoms with Gasteiger partial charge in [0.2, 0.25) is 0 Å². The van der Waals surface area contributed by atoms with E-state index in [9.17, 15) is 13.9 Å². The highest BCUT2D eigenvalue weighted by Crippen LogP contribution is 2.24. The van der Waals surface area contributed by atoms with E-state index in [4.69, 9.17) is 0 Å². The number of hydrogen-bond acceptors (Lipinski definition) is 2. The maximum Gasteiger partial charge on any atom is 0.263 e. The van der Waals surface area contributed by atoms with Crippen molar-refractivity contribution in [1.29, 1.82) is 0 Å². The second kappa shape index (κ2) is 4.63. The minimum atomic E-state index is -2.49. The molecule has 1 unspecified atom stereocenters.